The third-order valence-electron chi connectivity index (χ3n) is 2.46. The van der Waals surface area contributed by atoms with Gasteiger partial charge < -0.3 is 0 Å². The second kappa shape index (κ2) is 6.40. The van der Waals surface area contributed by atoms with Crippen molar-refractivity contribution in [3.8, 4) is 0 Å². The molecule has 2 nitrogen and oxygen atoms in total. The molecule has 1 N–H and O–H groups in total. The third kappa shape index (κ3) is 3.91. The Balaban J connectivity index is 1.87. The van der Waals surface area contributed by atoms with Gasteiger partial charge in [0.25, 0.3) is 0 Å². The minimum absolute atomic E-state index is 0.999. The number of benzene rings is 2. The molecule has 0 aromatic heterocycles. The Morgan fingerprint density at radius 3 is 2.61 bits per heavy atom. The van der Waals surface area contributed by atoms with Gasteiger partial charge in [-0.25, -0.2) is 0 Å². The Labute approximate surface area is 108 Å². The number of hydrogen-bond acceptors (Lipinski definition) is 2. The first-order valence-electron chi connectivity index (χ1n) is 5.92. The van der Waals surface area contributed by atoms with E-state index in [1.54, 1.807) is 6.21 Å². The van der Waals surface area contributed by atoms with Crippen LogP contribution in [0.5, 0.6) is 0 Å². The summed E-state index contributed by atoms with van der Waals surface area (Å²) < 4.78 is 0. The van der Waals surface area contributed by atoms with Gasteiger partial charge in [-0.2, -0.15) is 5.10 Å². The monoisotopic (exact) mass is 236 g/mol. The summed E-state index contributed by atoms with van der Waals surface area (Å²) >= 11 is 0. The Kier molecular flexibility index (Phi) is 4.31. The van der Waals surface area contributed by atoms with Crippen LogP contribution in [0.25, 0.3) is 6.08 Å². The van der Waals surface area contributed by atoms with Gasteiger partial charge in [0.2, 0.25) is 0 Å². The van der Waals surface area contributed by atoms with Crippen LogP contribution >= 0.6 is 0 Å². The Morgan fingerprint density at radius 2 is 1.83 bits per heavy atom. The maximum Gasteiger partial charge on any atom is 0.0564 e. The molecule has 0 saturated heterocycles. The highest BCUT2D eigenvalue weighted by atomic mass is 15.3. The molecule has 2 aromatic carbocycles. The second-order valence-corrected chi connectivity index (χ2v) is 4.03. The van der Waals surface area contributed by atoms with Crippen molar-refractivity contribution in [2.45, 2.75) is 6.92 Å². The minimum Gasteiger partial charge on any atom is -0.279 e. The smallest absolute Gasteiger partial charge is 0.0564 e. The van der Waals surface area contributed by atoms with Crippen LogP contribution in [0, 0.1) is 6.92 Å². The Bertz CT molecular complexity index is 542. The van der Waals surface area contributed by atoms with Gasteiger partial charge in [-0.05, 0) is 36.3 Å². The van der Waals surface area contributed by atoms with Crippen molar-refractivity contribution in [3.63, 3.8) is 0 Å². The highest BCUT2D eigenvalue weighted by molar-refractivity contribution is 5.78. The minimum atomic E-state index is 0.999. The molecule has 0 heterocycles. The van der Waals surface area contributed by atoms with E-state index in [0.717, 1.165) is 5.69 Å². The standard InChI is InChI=1S/C16H16N2/c1-14-7-5-11-16(13-14)18-17-12-6-10-15-8-3-2-4-9-15/h2-13,18H,1H3/b10-6+,17-12-. The van der Waals surface area contributed by atoms with Crippen LogP contribution < -0.4 is 5.43 Å². The summed E-state index contributed by atoms with van der Waals surface area (Å²) in [5, 5.41) is 4.14. The number of aryl methyl sites for hydroxylation is 1. The number of nitrogens with zero attached hydrogens (tertiary/aromatic N) is 1. The van der Waals surface area contributed by atoms with E-state index in [9.17, 15) is 0 Å². The number of anilines is 1. The fourth-order valence-electron chi connectivity index (χ4n) is 1.59. The first kappa shape index (κ1) is 12.1. The van der Waals surface area contributed by atoms with Crippen molar-refractivity contribution < 1.29 is 0 Å². The van der Waals surface area contributed by atoms with Crippen molar-refractivity contribution in [3.05, 3.63) is 71.8 Å². The lowest BCUT2D eigenvalue weighted by atomic mass is 10.2. The molecule has 2 heteroatoms. The Morgan fingerprint density at radius 1 is 1.00 bits per heavy atom. The van der Waals surface area contributed by atoms with Crippen molar-refractivity contribution in [1.82, 2.24) is 0 Å². The van der Waals surface area contributed by atoms with Crippen molar-refractivity contribution >= 4 is 18.0 Å². The summed E-state index contributed by atoms with van der Waals surface area (Å²) in [6.45, 7) is 2.06. The quantitative estimate of drug-likeness (QED) is 0.627. The molecule has 0 aliphatic rings. The number of nitrogens with one attached hydrogen (secondary N) is 1. The summed E-state index contributed by atoms with van der Waals surface area (Å²) in [6.07, 6.45) is 5.68. The lowest BCUT2D eigenvalue weighted by Crippen LogP contribution is -1.88. The van der Waals surface area contributed by atoms with Gasteiger partial charge >= 0.3 is 0 Å². The van der Waals surface area contributed by atoms with Gasteiger partial charge in [0.15, 0.2) is 0 Å². The molecule has 90 valence electrons. The van der Waals surface area contributed by atoms with Gasteiger partial charge in [-0.3, -0.25) is 5.43 Å². The van der Waals surface area contributed by atoms with Crippen LogP contribution in [-0.2, 0) is 0 Å². The average Bonchev–Trinajstić information content (AvgIpc) is 2.40. The highest BCUT2D eigenvalue weighted by Crippen LogP contribution is 2.08. The van der Waals surface area contributed by atoms with Crippen LogP contribution in [0.1, 0.15) is 11.1 Å². The number of allylic oxidation sites excluding steroid dienone is 1. The third-order valence-corrected chi connectivity index (χ3v) is 2.46. The molecule has 0 fully saturated rings. The molecule has 18 heavy (non-hydrogen) atoms. The topological polar surface area (TPSA) is 24.4 Å². The molecule has 0 saturated carbocycles. The van der Waals surface area contributed by atoms with Gasteiger partial charge in [-0.15, -0.1) is 0 Å². The van der Waals surface area contributed by atoms with Crippen LogP contribution in [0.4, 0.5) is 5.69 Å². The predicted octanol–water partition coefficient (Wildman–Crippen LogP) is 4.11. The highest BCUT2D eigenvalue weighted by Gasteiger charge is 1.87. The molecule has 2 rings (SSSR count). The number of hydrazone groups is 1. The fraction of sp³-hybridized carbons (Fsp3) is 0.0625. The first-order chi connectivity index (χ1) is 8.84. The lowest BCUT2D eigenvalue weighted by molar-refractivity contribution is 1.34. The largest absolute Gasteiger partial charge is 0.279 e. The molecule has 0 atom stereocenters. The fourth-order valence-corrected chi connectivity index (χ4v) is 1.59. The van der Waals surface area contributed by atoms with E-state index in [1.165, 1.54) is 11.1 Å². The maximum absolute atomic E-state index is 4.14. The zero-order valence-corrected chi connectivity index (χ0v) is 10.4. The van der Waals surface area contributed by atoms with Crippen LogP contribution in [0.3, 0.4) is 0 Å². The van der Waals surface area contributed by atoms with Crippen LogP contribution in [0.15, 0.2) is 65.8 Å². The molecule has 0 spiro atoms. The Hall–Kier alpha value is -2.35. The summed E-state index contributed by atoms with van der Waals surface area (Å²) in [5.74, 6) is 0. The summed E-state index contributed by atoms with van der Waals surface area (Å²) in [5.41, 5.74) is 6.37. The molecule has 0 aliphatic carbocycles. The average molecular weight is 236 g/mol. The first-order valence-corrected chi connectivity index (χ1v) is 5.92. The van der Waals surface area contributed by atoms with Crippen LogP contribution in [0.2, 0.25) is 0 Å². The summed E-state index contributed by atoms with van der Waals surface area (Å²) in [4.78, 5) is 0. The maximum atomic E-state index is 4.14. The molecule has 0 bridgehead atoms. The van der Waals surface area contributed by atoms with Crippen LogP contribution in [-0.4, -0.2) is 6.21 Å². The van der Waals surface area contributed by atoms with E-state index in [4.69, 9.17) is 0 Å². The molecular weight excluding hydrogens is 220 g/mol. The van der Waals surface area contributed by atoms with Gasteiger partial charge in [0, 0.05) is 6.21 Å². The zero-order chi connectivity index (χ0) is 12.6. The second-order valence-electron chi connectivity index (χ2n) is 4.03. The summed E-state index contributed by atoms with van der Waals surface area (Å²) in [6, 6.07) is 18.3. The van der Waals surface area contributed by atoms with Crippen molar-refractivity contribution in [1.29, 1.82) is 0 Å². The van der Waals surface area contributed by atoms with E-state index >= 15 is 0 Å². The van der Waals surface area contributed by atoms with Gasteiger partial charge in [0.05, 0.1) is 5.69 Å². The molecule has 0 aliphatic heterocycles. The zero-order valence-electron chi connectivity index (χ0n) is 10.4. The number of rotatable bonds is 4. The SMILES string of the molecule is Cc1cccc(N/N=C\C=C\c2ccccc2)c1. The van der Waals surface area contributed by atoms with Crippen molar-refractivity contribution in [2.24, 2.45) is 5.10 Å². The molecule has 0 unspecified atom stereocenters. The molecule has 0 radical (unpaired) electrons. The van der Waals surface area contributed by atoms with Gasteiger partial charge in [0.1, 0.15) is 0 Å². The van der Waals surface area contributed by atoms with E-state index in [1.807, 2.05) is 42.5 Å². The molecule has 2 aromatic rings. The van der Waals surface area contributed by atoms with E-state index in [0.29, 0.717) is 0 Å². The van der Waals surface area contributed by atoms with E-state index in [-0.39, 0.29) is 0 Å². The number of hydrogen-bond donors (Lipinski definition) is 1. The molecule has 0 amide bonds. The summed E-state index contributed by atoms with van der Waals surface area (Å²) in [7, 11) is 0. The van der Waals surface area contributed by atoms with Crippen molar-refractivity contribution in [2.75, 3.05) is 5.43 Å². The van der Waals surface area contributed by atoms with E-state index < -0.39 is 0 Å². The molecular formula is C16H16N2. The predicted molar refractivity (Wildman–Crippen MR) is 78.8 cm³/mol. The van der Waals surface area contributed by atoms with E-state index in [2.05, 4.69) is 41.7 Å². The normalized spacial score (nSPS) is 11.2. The van der Waals surface area contributed by atoms with Gasteiger partial charge in [-0.1, -0.05) is 48.5 Å². The lowest BCUT2D eigenvalue weighted by Gasteiger charge is -1.99.